The highest BCUT2D eigenvalue weighted by Crippen LogP contribution is 2.30. The average molecular weight is 307 g/mol. The molecule has 1 aromatic rings. The molecule has 0 unspecified atom stereocenters. The SMILES string of the molecule is NS(=O)(=O)c1cc(OC(F)F)cc(OC(F)(F)F)c1. The van der Waals surface area contributed by atoms with Crippen molar-refractivity contribution in [3.8, 4) is 11.5 Å². The van der Waals surface area contributed by atoms with Gasteiger partial charge in [-0.05, 0) is 0 Å². The van der Waals surface area contributed by atoms with E-state index in [2.05, 4.69) is 14.6 Å². The van der Waals surface area contributed by atoms with Gasteiger partial charge in [0.25, 0.3) is 0 Å². The summed E-state index contributed by atoms with van der Waals surface area (Å²) in [5.74, 6) is -1.88. The minimum Gasteiger partial charge on any atom is -0.435 e. The average Bonchev–Trinajstić information content (AvgIpc) is 2.11. The fraction of sp³-hybridized carbons (Fsp3) is 0.250. The van der Waals surface area contributed by atoms with Crippen LogP contribution in [0.2, 0.25) is 0 Å². The van der Waals surface area contributed by atoms with Gasteiger partial charge in [0.2, 0.25) is 10.0 Å². The molecule has 0 amide bonds. The Balaban J connectivity index is 3.24. The van der Waals surface area contributed by atoms with Gasteiger partial charge in [-0.2, -0.15) is 8.78 Å². The zero-order valence-corrected chi connectivity index (χ0v) is 9.63. The molecule has 1 aromatic carbocycles. The molecule has 0 aliphatic heterocycles. The van der Waals surface area contributed by atoms with Crippen molar-refractivity contribution in [1.82, 2.24) is 0 Å². The van der Waals surface area contributed by atoms with Gasteiger partial charge in [-0.1, -0.05) is 0 Å². The van der Waals surface area contributed by atoms with Crippen LogP contribution in [0, 0.1) is 0 Å². The molecule has 5 nitrogen and oxygen atoms in total. The second-order valence-corrected chi connectivity index (χ2v) is 4.67. The van der Waals surface area contributed by atoms with Crippen molar-refractivity contribution in [3.63, 3.8) is 0 Å². The summed E-state index contributed by atoms with van der Waals surface area (Å²) >= 11 is 0. The van der Waals surface area contributed by atoms with E-state index in [1.165, 1.54) is 0 Å². The van der Waals surface area contributed by atoms with Crippen LogP contribution in [-0.2, 0) is 10.0 Å². The lowest BCUT2D eigenvalue weighted by Crippen LogP contribution is -2.18. The first kappa shape index (κ1) is 15.4. The first-order chi connectivity index (χ1) is 8.47. The minimum atomic E-state index is -5.13. The van der Waals surface area contributed by atoms with E-state index < -0.39 is 39.4 Å². The Kier molecular flexibility index (Phi) is 4.20. The summed E-state index contributed by atoms with van der Waals surface area (Å²) in [7, 11) is -4.41. The van der Waals surface area contributed by atoms with Gasteiger partial charge in [-0.3, -0.25) is 0 Å². The lowest BCUT2D eigenvalue weighted by Gasteiger charge is -2.12. The molecular weight excluding hydrogens is 301 g/mol. The maximum Gasteiger partial charge on any atom is 0.573 e. The van der Waals surface area contributed by atoms with Crippen molar-refractivity contribution in [3.05, 3.63) is 18.2 Å². The molecule has 0 atom stereocenters. The molecular formula is C8H6F5NO4S. The topological polar surface area (TPSA) is 78.6 Å². The normalized spacial score (nSPS) is 12.6. The fourth-order valence-corrected chi connectivity index (χ4v) is 1.63. The van der Waals surface area contributed by atoms with Gasteiger partial charge in [0.05, 0.1) is 4.90 Å². The van der Waals surface area contributed by atoms with Crippen molar-refractivity contribution in [2.24, 2.45) is 5.14 Å². The number of benzene rings is 1. The van der Waals surface area contributed by atoms with Gasteiger partial charge < -0.3 is 9.47 Å². The Morgan fingerprint density at radius 3 is 2.05 bits per heavy atom. The van der Waals surface area contributed by atoms with E-state index in [1.807, 2.05) is 0 Å². The number of rotatable bonds is 4. The molecule has 11 heteroatoms. The maximum absolute atomic E-state index is 12.0. The van der Waals surface area contributed by atoms with Gasteiger partial charge in [0.1, 0.15) is 11.5 Å². The second-order valence-electron chi connectivity index (χ2n) is 3.11. The molecule has 2 N–H and O–H groups in total. The lowest BCUT2D eigenvalue weighted by atomic mass is 10.3. The third kappa shape index (κ3) is 5.26. The van der Waals surface area contributed by atoms with Crippen LogP contribution in [0.5, 0.6) is 11.5 Å². The third-order valence-corrected chi connectivity index (χ3v) is 2.53. The second kappa shape index (κ2) is 5.17. The predicted octanol–water partition coefficient (Wildman–Crippen LogP) is 1.83. The minimum absolute atomic E-state index is 0.432. The first-order valence-electron chi connectivity index (χ1n) is 4.36. The van der Waals surface area contributed by atoms with Crippen LogP contribution >= 0.6 is 0 Å². The lowest BCUT2D eigenvalue weighted by molar-refractivity contribution is -0.274. The van der Waals surface area contributed by atoms with Crippen LogP contribution in [-0.4, -0.2) is 21.4 Å². The Morgan fingerprint density at radius 2 is 1.63 bits per heavy atom. The molecule has 108 valence electrons. The fourth-order valence-electron chi connectivity index (χ4n) is 1.07. The highest BCUT2D eigenvalue weighted by Gasteiger charge is 2.32. The molecule has 0 aromatic heterocycles. The van der Waals surface area contributed by atoms with Crippen LogP contribution in [0.25, 0.3) is 0 Å². The molecule has 0 aliphatic carbocycles. The van der Waals surface area contributed by atoms with E-state index >= 15 is 0 Å². The molecule has 0 aliphatic rings. The third-order valence-electron chi connectivity index (χ3n) is 1.64. The highest BCUT2D eigenvalue weighted by atomic mass is 32.2. The Hall–Kier alpha value is -1.62. The van der Waals surface area contributed by atoms with Gasteiger partial charge in [0, 0.05) is 18.2 Å². The van der Waals surface area contributed by atoms with Gasteiger partial charge in [-0.25, -0.2) is 13.6 Å². The van der Waals surface area contributed by atoms with Crippen molar-refractivity contribution in [2.75, 3.05) is 0 Å². The number of primary sulfonamides is 1. The highest BCUT2D eigenvalue weighted by molar-refractivity contribution is 7.89. The zero-order chi connectivity index (χ0) is 14.8. The summed E-state index contributed by atoms with van der Waals surface area (Å²) in [6.07, 6.45) is -5.13. The number of sulfonamides is 1. The Bertz CT molecular complexity index is 557. The van der Waals surface area contributed by atoms with Gasteiger partial charge in [-0.15, -0.1) is 13.2 Å². The number of hydrogen-bond acceptors (Lipinski definition) is 4. The van der Waals surface area contributed by atoms with E-state index in [-0.39, 0.29) is 0 Å². The summed E-state index contributed by atoms with van der Waals surface area (Å²) in [4.78, 5) is -0.857. The van der Waals surface area contributed by atoms with E-state index in [0.717, 1.165) is 0 Å². The smallest absolute Gasteiger partial charge is 0.435 e. The predicted molar refractivity (Wildman–Crippen MR) is 51.1 cm³/mol. The molecule has 0 bridgehead atoms. The van der Waals surface area contributed by atoms with Crippen LogP contribution in [0.4, 0.5) is 22.0 Å². The molecule has 0 fully saturated rings. The maximum atomic E-state index is 12.0. The largest absolute Gasteiger partial charge is 0.573 e. The standard InChI is InChI=1S/C8H6F5NO4S/c9-7(10)17-4-1-5(18-8(11,12)13)3-6(2-4)19(14,15)16/h1-3,7H,(H2,14,15,16). The van der Waals surface area contributed by atoms with Crippen LogP contribution < -0.4 is 14.6 Å². The molecule has 1 rings (SSSR count). The van der Waals surface area contributed by atoms with Crippen molar-refractivity contribution in [1.29, 1.82) is 0 Å². The van der Waals surface area contributed by atoms with Gasteiger partial charge in [0.15, 0.2) is 0 Å². The van der Waals surface area contributed by atoms with E-state index in [1.54, 1.807) is 0 Å². The Labute approximate surface area is 103 Å². The number of hydrogen-bond donors (Lipinski definition) is 1. The van der Waals surface area contributed by atoms with Gasteiger partial charge >= 0.3 is 13.0 Å². The molecule has 0 spiro atoms. The number of ether oxygens (including phenoxy) is 2. The van der Waals surface area contributed by atoms with Crippen LogP contribution in [0.1, 0.15) is 0 Å². The first-order valence-corrected chi connectivity index (χ1v) is 5.90. The number of alkyl halides is 5. The van der Waals surface area contributed by atoms with Crippen molar-refractivity contribution < 1.29 is 39.8 Å². The monoisotopic (exact) mass is 307 g/mol. The molecule has 0 saturated heterocycles. The van der Waals surface area contributed by atoms with Crippen LogP contribution in [0.15, 0.2) is 23.1 Å². The van der Waals surface area contributed by atoms with Crippen molar-refractivity contribution in [2.45, 2.75) is 17.9 Å². The zero-order valence-electron chi connectivity index (χ0n) is 8.82. The van der Waals surface area contributed by atoms with E-state index in [0.29, 0.717) is 18.2 Å². The van der Waals surface area contributed by atoms with E-state index in [9.17, 15) is 30.4 Å². The van der Waals surface area contributed by atoms with E-state index in [4.69, 9.17) is 0 Å². The summed E-state index contributed by atoms with van der Waals surface area (Å²) in [6.45, 7) is -3.35. The molecule has 0 heterocycles. The summed E-state index contributed by atoms with van der Waals surface area (Å²) in [6, 6.07) is 1.43. The molecule has 0 saturated carbocycles. The summed E-state index contributed by atoms with van der Waals surface area (Å²) < 4.78 is 89.0. The number of halogens is 5. The summed E-state index contributed by atoms with van der Waals surface area (Å²) in [5, 5.41) is 4.68. The van der Waals surface area contributed by atoms with Crippen molar-refractivity contribution >= 4 is 10.0 Å². The Morgan fingerprint density at radius 1 is 1.11 bits per heavy atom. The molecule has 19 heavy (non-hydrogen) atoms. The van der Waals surface area contributed by atoms with Crippen LogP contribution in [0.3, 0.4) is 0 Å². The summed E-state index contributed by atoms with van der Waals surface area (Å²) in [5.41, 5.74) is 0. The number of nitrogens with two attached hydrogens (primary N) is 1. The molecule has 0 radical (unpaired) electrons. The quantitative estimate of drug-likeness (QED) is 0.861.